The number of nitrogens with zero attached hydrogens (tertiary/aromatic N) is 2. The predicted molar refractivity (Wildman–Crippen MR) is 145 cm³/mol. The fourth-order valence-electron chi connectivity index (χ4n) is 5.02. The quantitative estimate of drug-likeness (QED) is 0.326. The molecular formula is C26H30N4O7S2. The van der Waals surface area contributed by atoms with Crippen molar-refractivity contribution < 1.29 is 32.0 Å². The van der Waals surface area contributed by atoms with E-state index in [1.807, 2.05) is 25.1 Å². The second kappa shape index (κ2) is 11.3. The third kappa shape index (κ3) is 5.83. The van der Waals surface area contributed by atoms with E-state index in [2.05, 4.69) is 26.1 Å². The van der Waals surface area contributed by atoms with E-state index < -0.39 is 22.5 Å². The molecule has 1 saturated carbocycles. The van der Waals surface area contributed by atoms with Gasteiger partial charge in [0.05, 0.1) is 30.3 Å². The lowest BCUT2D eigenvalue weighted by molar-refractivity contribution is 0.0636. The smallest absolute Gasteiger partial charge is 0.335 e. The van der Waals surface area contributed by atoms with E-state index in [9.17, 15) is 18.3 Å². The molecule has 208 valence electrons. The van der Waals surface area contributed by atoms with Gasteiger partial charge in [-0.3, -0.25) is 8.98 Å². The molecule has 13 heteroatoms. The first kappa shape index (κ1) is 27.6. The summed E-state index contributed by atoms with van der Waals surface area (Å²) in [6, 6.07) is 7.49. The van der Waals surface area contributed by atoms with Crippen molar-refractivity contribution in [2.45, 2.75) is 50.5 Å². The summed E-state index contributed by atoms with van der Waals surface area (Å²) < 4.78 is 42.2. The Labute approximate surface area is 230 Å². The Morgan fingerprint density at radius 1 is 1.23 bits per heavy atom. The number of aliphatic hydroxyl groups excluding tert-OH is 1. The molecule has 3 aromatic rings. The van der Waals surface area contributed by atoms with Crippen LogP contribution < -0.4 is 14.8 Å². The summed E-state index contributed by atoms with van der Waals surface area (Å²) in [6.45, 7) is 2.55. The van der Waals surface area contributed by atoms with Crippen LogP contribution in [0, 0.1) is 6.92 Å². The number of aromatic nitrogens is 2. The van der Waals surface area contributed by atoms with Crippen LogP contribution in [0.1, 0.15) is 55.7 Å². The van der Waals surface area contributed by atoms with Gasteiger partial charge in [-0.05, 0) is 61.1 Å². The van der Waals surface area contributed by atoms with Gasteiger partial charge >= 0.3 is 10.3 Å². The van der Waals surface area contributed by atoms with Gasteiger partial charge in [-0.1, -0.05) is 6.07 Å². The van der Waals surface area contributed by atoms with Gasteiger partial charge < -0.3 is 19.9 Å². The number of hydrogen-bond acceptors (Lipinski definition) is 11. The topological polar surface area (TPSA) is 149 Å². The molecule has 0 radical (unpaired) electrons. The number of methoxy groups -OCH3 is 1. The number of aryl methyl sites for hydroxylation is 1. The molecule has 0 bridgehead atoms. The lowest BCUT2D eigenvalue weighted by Gasteiger charge is -2.26. The van der Waals surface area contributed by atoms with Crippen LogP contribution in [0.3, 0.4) is 0 Å². The molecule has 1 aliphatic carbocycles. The Morgan fingerprint density at radius 2 is 2.05 bits per heavy atom. The monoisotopic (exact) mass is 574 g/mol. The summed E-state index contributed by atoms with van der Waals surface area (Å²) in [5.41, 5.74) is 3.42. The SMILES string of the molecule is CNS(=O)(=O)O[C@@H]1C[C@H](Nc2ncncc2C(=O)c2cc([C@H]3OCCc4ccc(OC)cc43)c(C)s2)C[C@@H]1O. The molecule has 0 amide bonds. The number of ketones is 1. The highest BCUT2D eigenvalue weighted by molar-refractivity contribution is 7.84. The van der Waals surface area contributed by atoms with Gasteiger partial charge in [-0.2, -0.15) is 13.1 Å². The van der Waals surface area contributed by atoms with E-state index in [1.54, 1.807) is 7.11 Å². The molecule has 1 fully saturated rings. The van der Waals surface area contributed by atoms with Crippen LogP contribution in [0.2, 0.25) is 0 Å². The first-order valence-electron chi connectivity index (χ1n) is 12.5. The highest BCUT2D eigenvalue weighted by Gasteiger charge is 2.37. The number of hydrogen-bond donors (Lipinski definition) is 3. The Hall–Kier alpha value is -2.94. The van der Waals surface area contributed by atoms with E-state index in [1.165, 1.54) is 36.5 Å². The van der Waals surface area contributed by atoms with Crippen LogP contribution in [-0.4, -0.2) is 68.3 Å². The molecule has 4 atom stereocenters. The van der Waals surface area contributed by atoms with Crippen molar-refractivity contribution in [2.24, 2.45) is 0 Å². The van der Waals surface area contributed by atoms with Gasteiger partial charge in [0.2, 0.25) is 5.78 Å². The van der Waals surface area contributed by atoms with Crippen molar-refractivity contribution in [2.75, 3.05) is 26.1 Å². The number of benzene rings is 1. The van der Waals surface area contributed by atoms with Crippen molar-refractivity contribution in [1.29, 1.82) is 0 Å². The van der Waals surface area contributed by atoms with Crippen LogP contribution in [0.5, 0.6) is 5.75 Å². The summed E-state index contributed by atoms with van der Waals surface area (Å²) in [6.07, 6.45) is 1.81. The molecule has 3 heterocycles. The standard InChI is InChI=1S/C26H30N4O7S2/c1-14-18(25-19-10-17(35-3)5-4-15(19)6-7-36-25)11-23(38-14)24(32)20-12-28-13-29-26(20)30-16-8-21(31)22(9-16)37-39(33,34)27-2/h4-5,10-13,16,21-22,25,27,31H,6-9H2,1-3H3,(H,28,29,30)/t16-,21+,22-,25-/m1/s1. The number of rotatable bonds is 9. The van der Waals surface area contributed by atoms with Crippen molar-refractivity contribution in [3.05, 3.63) is 68.8 Å². The minimum Gasteiger partial charge on any atom is -0.497 e. The van der Waals surface area contributed by atoms with Gasteiger partial charge in [0, 0.05) is 24.2 Å². The van der Waals surface area contributed by atoms with Crippen LogP contribution in [-0.2, 0) is 25.6 Å². The molecule has 0 unspecified atom stereocenters. The van der Waals surface area contributed by atoms with Gasteiger partial charge in [0.1, 0.15) is 30.1 Å². The van der Waals surface area contributed by atoms with Gasteiger partial charge in [-0.25, -0.2) is 9.97 Å². The number of aliphatic hydroxyl groups is 1. The Kier molecular flexibility index (Phi) is 7.99. The number of thiophene rings is 1. The van der Waals surface area contributed by atoms with Gasteiger partial charge in [-0.15, -0.1) is 11.3 Å². The third-order valence-electron chi connectivity index (χ3n) is 7.02. The lowest BCUT2D eigenvalue weighted by atomic mass is 9.92. The van der Waals surface area contributed by atoms with Crippen LogP contribution in [0.4, 0.5) is 5.82 Å². The van der Waals surface area contributed by atoms with Crippen molar-refractivity contribution in [1.82, 2.24) is 14.7 Å². The summed E-state index contributed by atoms with van der Waals surface area (Å²) in [5.74, 6) is 0.808. The van der Waals surface area contributed by atoms with Crippen molar-refractivity contribution >= 4 is 33.2 Å². The maximum Gasteiger partial charge on any atom is 0.335 e. The molecule has 1 aliphatic heterocycles. The van der Waals surface area contributed by atoms with Crippen LogP contribution in [0.15, 0.2) is 36.8 Å². The van der Waals surface area contributed by atoms with Crippen molar-refractivity contribution in [3.8, 4) is 5.75 Å². The Balaban J connectivity index is 1.37. The average Bonchev–Trinajstić information content (AvgIpc) is 3.48. The molecule has 2 aromatic heterocycles. The van der Waals surface area contributed by atoms with Gasteiger partial charge in [0.25, 0.3) is 0 Å². The van der Waals surface area contributed by atoms with E-state index in [-0.39, 0.29) is 36.3 Å². The predicted octanol–water partition coefficient (Wildman–Crippen LogP) is 2.53. The number of nitrogens with one attached hydrogen (secondary N) is 2. The van der Waals surface area contributed by atoms with E-state index in [0.717, 1.165) is 28.2 Å². The molecule has 3 N–H and O–H groups in total. The molecule has 1 aromatic carbocycles. The fourth-order valence-corrected chi connectivity index (χ4v) is 6.65. The van der Waals surface area contributed by atoms with Crippen molar-refractivity contribution in [3.63, 3.8) is 0 Å². The average molecular weight is 575 g/mol. The molecule has 0 spiro atoms. The first-order chi connectivity index (χ1) is 18.7. The highest BCUT2D eigenvalue weighted by atomic mass is 32.2. The number of carbonyl (C=O) groups is 1. The second-order valence-corrected chi connectivity index (χ2v) is 12.2. The highest BCUT2D eigenvalue weighted by Crippen LogP contribution is 2.39. The summed E-state index contributed by atoms with van der Waals surface area (Å²) >= 11 is 1.38. The van der Waals surface area contributed by atoms with Gasteiger partial charge in [0.15, 0.2) is 0 Å². The van der Waals surface area contributed by atoms with Crippen LogP contribution >= 0.6 is 11.3 Å². The summed E-state index contributed by atoms with van der Waals surface area (Å²) in [5, 5.41) is 13.5. The van der Waals surface area contributed by atoms with E-state index in [4.69, 9.17) is 13.7 Å². The second-order valence-electron chi connectivity index (χ2n) is 9.47. The molecule has 11 nitrogen and oxygen atoms in total. The Bertz CT molecular complexity index is 1480. The largest absolute Gasteiger partial charge is 0.497 e. The minimum absolute atomic E-state index is 0.212. The number of anilines is 1. The first-order valence-corrected chi connectivity index (χ1v) is 14.7. The molecule has 5 rings (SSSR count). The maximum atomic E-state index is 13.7. The number of ether oxygens (including phenoxy) is 2. The molecule has 39 heavy (non-hydrogen) atoms. The lowest BCUT2D eigenvalue weighted by Crippen LogP contribution is -2.31. The summed E-state index contributed by atoms with van der Waals surface area (Å²) in [4.78, 5) is 23.5. The zero-order valence-corrected chi connectivity index (χ0v) is 23.3. The minimum atomic E-state index is -3.96. The molecule has 0 saturated heterocycles. The molecule has 2 aliphatic rings. The van der Waals surface area contributed by atoms with Crippen LogP contribution in [0.25, 0.3) is 0 Å². The number of carbonyl (C=O) groups excluding carboxylic acids is 1. The zero-order chi connectivity index (χ0) is 27.7. The van der Waals surface area contributed by atoms with E-state index in [0.29, 0.717) is 17.3 Å². The Morgan fingerprint density at radius 3 is 2.82 bits per heavy atom. The zero-order valence-electron chi connectivity index (χ0n) is 21.7. The van der Waals surface area contributed by atoms with E-state index >= 15 is 0 Å². The third-order valence-corrected chi connectivity index (χ3v) is 9.09. The molecular weight excluding hydrogens is 544 g/mol. The normalized spacial score (nSPS) is 22.9. The fraction of sp³-hybridized carbons (Fsp3) is 0.423. The summed E-state index contributed by atoms with van der Waals surface area (Å²) in [7, 11) is -1.09. The maximum absolute atomic E-state index is 13.7. The number of fused-ring (bicyclic) bond motifs is 1.